The van der Waals surface area contributed by atoms with Gasteiger partial charge in [-0.05, 0) is 55.1 Å². The highest BCUT2D eigenvalue weighted by atomic mass is 32.1. The molecule has 0 radical (unpaired) electrons. The third-order valence-electron chi connectivity index (χ3n) is 2.39. The van der Waals surface area contributed by atoms with E-state index in [0.717, 1.165) is 26.0 Å². The largest absolute Gasteiger partial charge is 0.385 e. The number of hydrogen-bond acceptors (Lipinski definition) is 3. The van der Waals surface area contributed by atoms with Crippen LogP contribution in [0.1, 0.15) is 25.3 Å². The molecule has 0 saturated heterocycles. The lowest BCUT2D eigenvalue weighted by molar-refractivity contribution is 0.192. The molecule has 86 valence electrons. The first-order valence-electron chi connectivity index (χ1n) is 5.56. The molecule has 3 heteroatoms. The van der Waals surface area contributed by atoms with Gasteiger partial charge in [-0.3, -0.25) is 0 Å². The van der Waals surface area contributed by atoms with Crippen molar-refractivity contribution in [3.63, 3.8) is 0 Å². The average molecular weight is 227 g/mol. The summed E-state index contributed by atoms with van der Waals surface area (Å²) < 4.78 is 5.01. The lowest BCUT2D eigenvalue weighted by Crippen LogP contribution is -2.28. The molecule has 0 spiro atoms. The van der Waals surface area contributed by atoms with E-state index in [-0.39, 0.29) is 0 Å². The molecule has 1 aromatic heterocycles. The van der Waals surface area contributed by atoms with E-state index >= 15 is 0 Å². The van der Waals surface area contributed by atoms with Crippen LogP contribution >= 0.6 is 11.3 Å². The summed E-state index contributed by atoms with van der Waals surface area (Å²) in [7, 11) is 1.76. The Morgan fingerprint density at radius 1 is 1.47 bits per heavy atom. The Balaban J connectivity index is 2.01. The minimum Gasteiger partial charge on any atom is -0.385 e. The second kappa shape index (κ2) is 7.85. The van der Waals surface area contributed by atoms with Gasteiger partial charge < -0.3 is 10.1 Å². The van der Waals surface area contributed by atoms with E-state index in [4.69, 9.17) is 4.74 Å². The van der Waals surface area contributed by atoms with Gasteiger partial charge in [0, 0.05) is 19.8 Å². The molecule has 0 bridgehead atoms. The van der Waals surface area contributed by atoms with Crippen molar-refractivity contribution in [1.29, 1.82) is 0 Å². The van der Waals surface area contributed by atoms with E-state index in [2.05, 4.69) is 29.1 Å². The van der Waals surface area contributed by atoms with Gasteiger partial charge in [-0.2, -0.15) is 11.3 Å². The molecule has 0 amide bonds. The molecule has 0 aliphatic carbocycles. The van der Waals surface area contributed by atoms with E-state index in [1.165, 1.54) is 12.0 Å². The van der Waals surface area contributed by atoms with E-state index in [9.17, 15) is 0 Å². The van der Waals surface area contributed by atoms with Crippen molar-refractivity contribution in [3.8, 4) is 0 Å². The molecule has 1 heterocycles. The van der Waals surface area contributed by atoms with Gasteiger partial charge in [-0.1, -0.05) is 0 Å². The third-order valence-corrected chi connectivity index (χ3v) is 3.12. The molecular formula is C12H21NOS. The van der Waals surface area contributed by atoms with Crippen LogP contribution in [0.15, 0.2) is 16.8 Å². The van der Waals surface area contributed by atoms with Crippen LogP contribution in [-0.2, 0) is 11.2 Å². The van der Waals surface area contributed by atoms with Crippen LogP contribution in [-0.4, -0.2) is 26.3 Å². The van der Waals surface area contributed by atoms with Gasteiger partial charge in [0.25, 0.3) is 0 Å². The van der Waals surface area contributed by atoms with Gasteiger partial charge >= 0.3 is 0 Å². The fraction of sp³-hybridized carbons (Fsp3) is 0.667. The average Bonchev–Trinajstić information content (AvgIpc) is 2.70. The Bertz CT molecular complexity index is 236. The lowest BCUT2D eigenvalue weighted by atomic mass is 10.1. The Labute approximate surface area is 96.7 Å². The van der Waals surface area contributed by atoms with Crippen molar-refractivity contribution < 1.29 is 4.74 Å². The number of unbranched alkanes of at least 4 members (excludes halogenated alkanes) is 1. The molecule has 0 fully saturated rings. The molecule has 15 heavy (non-hydrogen) atoms. The molecule has 1 N–H and O–H groups in total. The van der Waals surface area contributed by atoms with Crippen LogP contribution in [0.25, 0.3) is 0 Å². The van der Waals surface area contributed by atoms with E-state index in [0.29, 0.717) is 6.04 Å². The van der Waals surface area contributed by atoms with Crippen molar-refractivity contribution in [1.82, 2.24) is 5.32 Å². The number of nitrogens with one attached hydrogen (secondary N) is 1. The maximum absolute atomic E-state index is 5.01. The standard InChI is InChI=1S/C12H21NOS/c1-11(9-12-5-8-15-10-12)13-6-3-4-7-14-2/h5,8,10-11,13H,3-4,6-7,9H2,1-2H3. The summed E-state index contributed by atoms with van der Waals surface area (Å²) in [5.41, 5.74) is 1.44. The highest BCUT2D eigenvalue weighted by Crippen LogP contribution is 2.08. The van der Waals surface area contributed by atoms with Crippen molar-refractivity contribution in [2.24, 2.45) is 0 Å². The highest BCUT2D eigenvalue weighted by molar-refractivity contribution is 7.07. The first-order chi connectivity index (χ1) is 7.33. The van der Waals surface area contributed by atoms with E-state index in [1.807, 2.05) is 0 Å². The second-order valence-electron chi connectivity index (χ2n) is 3.89. The summed E-state index contributed by atoms with van der Waals surface area (Å²) in [6, 6.07) is 2.77. The Hall–Kier alpha value is -0.380. The summed E-state index contributed by atoms with van der Waals surface area (Å²) in [4.78, 5) is 0. The lowest BCUT2D eigenvalue weighted by Gasteiger charge is -2.12. The smallest absolute Gasteiger partial charge is 0.0462 e. The normalized spacial score (nSPS) is 12.9. The molecule has 0 aliphatic rings. The van der Waals surface area contributed by atoms with Crippen LogP contribution in [0.3, 0.4) is 0 Å². The zero-order valence-electron chi connectivity index (χ0n) is 9.66. The van der Waals surface area contributed by atoms with Gasteiger partial charge in [0.1, 0.15) is 0 Å². The zero-order valence-corrected chi connectivity index (χ0v) is 10.5. The summed E-state index contributed by atoms with van der Waals surface area (Å²) >= 11 is 1.77. The molecule has 2 nitrogen and oxygen atoms in total. The number of methoxy groups -OCH3 is 1. The van der Waals surface area contributed by atoms with Crippen LogP contribution in [0.2, 0.25) is 0 Å². The first kappa shape index (κ1) is 12.7. The topological polar surface area (TPSA) is 21.3 Å². The molecule has 1 atom stereocenters. The molecule has 0 aromatic carbocycles. The summed E-state index contributed by atoms with van der Waals surface area (Å²) in [6.45, 7) is 4.21. The Morgan fingerprint density at radius 2 is 2.33 bits per heavy atom. The van der Waals surface area contributed by atoms with Gasteiger partial charge in [-0.15, -0.1) is 0 Å². The molecule has 1 unspecified atom stereocenters. The molecule has 1 aromatic rings. The van der Waals surface area contributed by atoms with Crippen LogP contribution in [0.4, 0.5) is 0 Å². The summed E-state index contributed by atoms with van der Waals surface area (Å²) in [5, 5.41) is 7.89. The maximum Gasteiger partial charge on any atom is 0.0462 e. The molecule has 1 rings (SSSR count). The molecule has 0 saturated carbocycles. The van der Waals surface area contributed by atoms with Crippen molar-refractivity contribution in [2.45, 2.75) is 32.2 Å². The van der Waals surface area contributed by atoms with Gasteiger partial charge in [0.15, 0.2) is 0 Å². The molecule has 0 aliphatic heterocycles. The van der Waals surface area contributed by atoms with Crippen molar-refractivity contribution in [3.05, 3.63) is 22.4 Å². The minimum atomic E-state index is 0.571. The third kappa shape index (κ3) is 5.92. The molecular weight excluding hydrogens is 206 g/mol. The fourth-order valence-electron chi connectivity index (χ4n) is 1.55. The maximum atomic E-state index is 5.01. The second-order valence-corrected chi connectivity index (χ2v) is 4.67. The van der Waals surface area contributed by atoms with Crippen molar-refractivity contribution >= 4 is 11.3 Å². The quantitative estimate of drug-likeness (QED) is 0.689. The first-order valence-corrected chi connectivity index (χ1v) is 6.50. The number of thiophene rings is 1. The number of hydrogen-bond donors (Lipinski definition) is 1. The summed E-state index contributed by atoms with van der Waals surface area (Å²) in [6.07, 6.45) is 3.48. The fourth-order valence-corrected chi connectivity index (χ4v) is 2.24. The van der Waals surface area contributed by atoms with E-state index in [1.54, 1.807) is 18.4 Å². The van der Waals surface area contributed by atoms with Crippen molar-refractivity contribution in [2.75, 3.05) is 20.3 Å². The van der Waals surface area contributed by atoms with Gasteiger partial charge in [0.05, 0.1) is 0 Å². The highest BCUT2D eigenvalue weighted by Gasteiger charge is 2.02. The number of rotatable bonds is 8. The SMILES string of the molecule is COCCCCNC(C)Cc1ccsc1. The van der Waals surface area contributed by atoms with Gasteiger partial charge in [0.2, 0.25) is 0 Å². The minimum absolute atomic E-state index is 0.571. The van der Waals surface area contributed by atoms with Crippen LogP contribution in [0, 0.1) is 0 Å². The predicted octanol–water partition coefficient (Wildman–Crippen LogP) is 2.70. The summed E-state index contributed by atoms with van der Waals surface area (Å²) in [5.74, 6) is 0. The number of ether oxygens (including phenoxy) is 1. The monoisotopic (exact) mass is 227 g/mol. The Morgan fingerprint density at radius 3 is 3.00 bits per heavy atom. The zero-order chi connectivity index (χ0) is 10.9. The van der Waals surface area contributed by atoms with Crippen LogP contribution < -0.4 is 5.32 Å². The Kier molecular flexibility index (Phi) is 6.64. The van der Waals surface area contributed by atoms with Gasteiger partial charge in [-0.25, -0.2) is 0 Å². The van der Waals surface area contributed by atoms with E-state index < -0.39 is 0 Å². The predicted molar refractivity (Wildman–Crippen MR) is 66.6 cm³/mol. The van der Waals surface area contributed by atoms with Crippen LogP contribution in [0.5, 0.6) is 0 Å².